The Bertz CT molecular complexity index is 830. The highest BCUT2D eigenvalue weighted by Crippen LogP contribution is 2.27. The average Bonchev–Trinajstić information content (AvgIpc) is 3.29. The van der Waals surface area contributed by atoms with Gasteiger partial charge in [-0.25, -0.2) is 4.79 Å². The van der Waals surface area contributed by atoms with Gasteiger partial charge >= 0.3 is 5.97 Å². The highest BCUT2D eigenvalue weighted by Gasteiger charge is 2.27. The number of ether oxygens (including phenoxy) is 4. The maximum Gasteiger partial charge on any atom is 0.343 e. The Balaban J connectivity index is 1.66. The molecular weight excluding hydrogens is 420 g/mol. The van der Waals surface area contributed by atoms with Crippen molar-refractivity contribution < 1.29 is 28.8 Å². The van der Waals surface area contributed by atoms with Crippen LogP contribution in [0.3, 0.4) is 0 Å². The Morgan fingerprint density at radius 3 is 2.48 bits per heavy atom. The van der Waals surface area contributed by atoms with E-state index in [9.17, 15) is 9.90 Å². The SMILES string of the molecule is COC1C=C(CCC=C(C)CCC=C(C)CCCC(C)C=C2OC(=O)C(C)=C2O)C(OC)O1. The molecule has 2 aliphatic rings. The Labute approximate surface area is 198 Å². The molecule has 6 nitrogen and oxygen atoms in total. The lowest BCUT2D eigenvalue weighted by Gasteiger charge is -2.13. The van der Waals surface area contributed by atoms with E-state index in [1.54, 1.807) is 21.1 Å². The van der Waals surface area contributed by atoms with Gasteiger partial charge in [0.1, 0.15) is 0 Å². The summed E-state index contributed by atoms with van der Waals surface area (Å²) in [5.74, 6) is 0.0403. The topological polar surface area (TPSA) is 74.2 Å². The van der Waals surface area contributed by atoms with Gasteiger partial charge in [0, 0.05) is 14.2 Å². The number of rotatable bonds is 13. The van der Waals surface area contributed by atoms with Gasteiger partial charge in [0.05, 0.1) is 5.57 Å². The van der Waals surface area contributed by atoms with Crippen LogP contribution in [-0.2, 0) is 23.7 Å². The molecule has 0 aromatic heterocycles. The molecule has 184 valence electrons. The fourth-order valence-electron chi connectivity index (χ4n) is 3.93. The van der Waals surface area contributed by atoms with Crippen LogP contribution in [0.2, 0.25) is 0 Å². The number of carbonyl (C=O) groups excluding carboxylic acids is 1. The fraction of sp³-hybridized carbons (Fsp3) is 0.593. The van der Waals surface area contributed by atoms with E-state index in [0.29, 0.717) is 5.76 Å². The van der Waals surface area contributed by atoms with Crippen molar-refractivity contribution in [1.29, 1.82) is 0 Å². The van der Waals surface area contributed by atoms with Crippen molar-refractivity contribution in [2.45, 2.75) is 85.2 Å². The Morgan fingerprint density at radius 1 is 1.15 bits per heavy atom. The summed E-state index contributed by atoms with van der Waals surface area (Å²) in [4.78, 5) is 11.5. The van der Waals surface area contributed by atoms with Crippen LogP contribution in [0, 0.1) is 5.92 Å². The molecule has 0 radical (unpaired) electrons. The van der Waals surface area contributed by atoms with Crippen molar-refractivity contribution in [2.24, 2.45) is 5.92 Å². The van der Waals surface area contributed by atoms with Gasteiger partial charge in [0.15, 0.2) is 24.1 Å². The van der Waals surface area contributed by atoms with Crippen LogP contribution >= 0.6 is 0 Å². The summed E-state index contributed by atoms with van der Waals surface area (Å²) in [6, 6.07) is 0. The molecule has 0 aromatic rings. The zero-order valence-corrected chi connectivity index (χ0v) is 21.0. The molecule has 0 saturated carbocycles. The number of aliphatic hydroxyl groups excluding tert-OH is 1. The van der Waals surface area contributed by atoms with E-state index >= 15 is 0 Å². The van der Waals surface area contributed by atoms with Crippen LogP contribution in [0.5, 0.6) is 0 Å². The Morgan fingerprint density at radius 2 is 1.85 bits per heavy atom. The van der Waals surface area contributed by atoms with E-state index in [1.807, 2.05) is 12.2 Å². The first kappa shape index (κ1) is 27.1. The average molecular weight is 461 g/mol. The molecule has 6 heteroatoms. The minimum absolute atomic E-state index is 0.0302. The van der Waals surface area contributed by atoms with Gasteiger partial charge in [-0.3, -0.25) is 0 Å². The molecule has 3 unspecified atom stereocenters. The van der Waals surface area contributed by atoms with E-state index in [-0.39, 0.29) is 29.8 Å². The summed E-state index contributed by atoms with van der Waals surface area (Å²) in [6.07, 6.45) is 14.9. The minimum atomic E-state index is -0.461. The van der Waals surface area contributed by atoms with E-state index in [4.69, 9.17) is 18.9 Å². The number of carbonyl (C=O) groups is 1. The summed E-state index contributed by atoms with van der Waals surface area (Å²) in [5, 5.41) is 9.92. The quantitative estimate of drug-likeness (QED) is 0.252. The van der Waals surface area contributed by atoms with Crippen molar-refractivity contribution in [1.82, 2.24) is 0 Å². The van der Waals surface area contributed by atoms with E-state index in [2.05, 4.69) is 32.9 Å². The summed E-state index contributed by atoms with van der Waals surface area (Å²) >= 11 is 0. The largest absolute Gasteiger partial charge is 0.504 e. The second-order valence-electron chi connectivity index (χ2n) is 8.99. The number of hydrogen-bond acceptors (Lipinski definition) is 6. The molecule has 0 saturated heterocycles. The standard InChI is InChI=1S/C27H40O6/c1-18(12-8-14-20(3)16-23-25(28)21(4)26(29)32-23)10-7-11-19(2)13-9-15-22-17-24(30-5)33-27(22)31-6/h10,13,16-17,20,24,27-28H,7-9,11-12,14-15H2,1-6H3. The second kappa shape index (κ2) is 13.5. The molecule has 3 atom stereocenters. The normalized spacial score (nSPS) is 24.0. The number of hydrogen-bond donors (Lipinski definition) is 1. The number of cyclic esters (lactones) is 1. The Kier molecular flexibility index (Phi) is 11.1. The van der Waals surface area contributed by atoms with Gasteiger partial charge in [-0.05, 0) is 89.4 Å². The summed E-state index contributed by atoms with van der Waals surface area (Å²) in [7, 11) is 3.28. The first-order chi connectivity index (χ1) is 15.7. The first-order valence-electron chi connectivity index (χ1n) is 11.8. The van der Waals surface area contributed by atoms with Crippen LogP contribution in [-0.4, -0.2) is 37.9 Å². The van der Waals surface area contributed by atoms with Crippen molar-refractivity contribution in [2.75, 3.05) is 14.2 Å². The Hall–Kier alpha value is -2.15. The predicted octanol–water partition coefficient (Wildman–Crippen LogP) is 6.42. The van der Waals surface area contributed by atoms with Crippen LogP contribution in [0.1, 0.15) is 72.6 Å². The lowest BCUT2D eigenvalue weighted by atomic mass is 9.99. The molecule has 0 spiro atoms. The van der Waals surface area contributed by atoms with Crippen LogP contribution in [0.15, 0.2) is 58.1 Å². The molecule has 2 aliphatic heterocycles. The number of methoxy groups -OCH3 is 2. The van der Waals surface area contributed by atoms with Crippen molar-refractivity contribution in [3.63, 3.8) is 0 Å². The fourth-order valence-corrected chi connectivity index (χ4v) is 3.93. The number of allylic oxidation sites excluding steroid dienone is 5. The highest BCUT2D eigenvalue weighted by molar-refractivity contribution is 5.93. The van der Waals surface area contributed by atoms with Gasteiger partial charge in [0.25, 0.3) is 0 Å². The molecule has 0 fully saturated rings. The molecule has 0 amide bonds. The lowest BCUT2D eigenvalue weighted by Crippen LogP contribution is -2.17. The first-order valence-corrected chi connectivity index (χ1v) is 11.8. The van der Waals surface area contributed by atoms with E-state index in [0.717, 1.165) is 50.5 Å². The van der Waals surface area contributed by atoms with Gasteiger partial charge in [-0.15, -0.1) is 0 Å². The number of esters is 1. The molecule has 2 rings (SSSR count). The maximum atomic E-state index is 11.5. The van der Waals surface area contributed by atoms with Gasteiger partial charge in [-0.1, -0.05) is 30.2 Å². The molecule has 1 N–H and O–H groups in total. The second-order valence-corrected chi connectivity index (χ2v) is 8.99. The third-order valence-electron chi connectivity index (χ3n) is 6.08. The lowest BCUT2D eigenvalue weighted by molar-refractivity contribution is -0.177. The zero-order chi connectivity index (χ0) is 24.4. The van der Waals surface area contributed by atoms with Crippen molar-refractivity contribution in [3.05, 3.63) is 58.1 Å². The molecular formula is C27H40O6. The number of aliphatic hydroxyl groups is 1. The highest BCUT2D eigenvalue weighted by atomic mass is 16.8. The third-order valence-corrected chi connectivity index (χ3v) is 6.08. The third kappa shape index (κ3) is 8.61. The van der Waals surface area contributed by atoms with Crippen molar-refractivity contribution >= 4 is 5.97 Å². The smallest absolute Gasteiger partial charge is 0.343 e. The van der Waals surface area contributed by atoms with E-state index < -0.39 is 5.97 Å². The maximum absolute atomic E-state index is 11.5. The monoisotopic (exact) mass is 460 g/mol. The summed E-state index contributed by atoms with van der Waals surface area (Å²) in [5.41, 5.74) is 4.21. The van der Waals surface area contributed by atoms with Crippen molar-refractivity contribution in [3.8, 4) is 0 Å². The van der Waals surface area contributed by atoms with Gasteiger partial charge < -0.3 is 24.1 Å². The van der Waals surface area contributed by atoms with Crippen LogP contribution in [0.25, 0.3) is 0 Å². The van der Waals surface area contributed by atoms with Crippen LogP contribution in [0.4, 0.5) is 0 Å². The summed E-state index contributed by atoms with van der Waals surface area (Å²) in [6.45, 7) is 8.02. The zero-order valence-electron chi connectivity index (χ0n) is 21.0. The van der Waals surface area contributed by atoms with Gasteiger partial charge in [-0.2, -0.15) is 0 Å². The molecule has 0 bridgehead atoms. The van der Waals surface area contributed by atoms with Crippen LogP contribution < -0.4 is 0 Å². The molecule has 0 aromatic carbocycles. The predicted molar refractivity (Wildman–Crippen MR) is 129 cm³/mol. The molecule has 2 heterocycles. The van der Waals surface area contributed by atoms with E-state index in [1.165, 1.54) is 11.1 Å². The molecule has 33 heavy (non-hydrogen) atoms. The van der Waals surface area contributed by atoms with Gasteiger partial charge in [0.2, 0.25) is 0 Å². The molecule has 0 aliphatic carbocycles. The minimum Gasteiger partial charge on any atom is -0.504 e. The summed E-state index contributed by atoms with van der Waals surface area (Å²) < 4.78 is 21.3.